The number of carbonyl (C=O) groups excluding carboxylic acids is 1. The molecule has 0 aliphatic rings. The molecule has 92 valence electrons. The second kappa shape index (κ2) is 5.44. The van der Waals surface area contributed by atoms with Crippen LogP contribution in [0.25, 0.3) is 10.2 Å². The second-order valence-electron chi connectivity index (χ2n) is 3.69. The largest absolute Gasteiger partial charge is 0.325 e. The lowest BCUT2D eigenvalue weighted by Gasteiger charge is -2.07. The highest BCUT2D eigenvalue weighted by atomic mass is 35.5. The fourth-order valence-electron chi connectivity index (χ4n) is 1.37. The Labute approximate surface area is 110 Å². The van der Waals surface area contributed by atoms with Crippen LogP contribution in [0.1, 0.15) is 11.9 Å². The molecule has 0 aliphatic heterocycles. The SMILES string of the molecule is Cc1nc2ccc(NC(=O)[C@@H](C)N)cc2s1.Cl. The highest BCUT2D eigenvalue weighted by Gasteiger charge is 2.08. The van der Waals surface area contributed by atoms with Gasteiger partial charge in [0.25, 0.3) is 0 Å². The number of benzene rings is 1. The molecule has 1 heterocycles. The molecular weight excluding hydrogens is 258 g/mol. The maximum absolute atomic E-state index is 11.4. The van der Waals surface area contributed by atoms with E-state index in [0.29, 0.717) is 0 Å². The van der Waals surface area contributed by atoms with E-state index in [9.17, 15) is 4.79 Å². The number of nitrogens with zero attached hydrogens (tertiary/aromatic N) is 1. The molecule has 2 rings (SSSR count). The third-order valence-electron chi connectivity index (χ3n) is 2.18. The predicted octanol–water partition coefficient (Wildman–Crippen LogP) is 2.31. The van der Waals surface area contributed by atoms with Crippen LogP contribution in [0, 0.1) is 6.92 Å². The van der Waals surface area contributed by atoms with E-state index >= 15 is 0 Å². The summed E-state index contributed by atoms with van der Waals surface area (Å²) >= 11 is 1.61. The molecule has 0 aliphatic carbocycles. The van der Waals surface area contributed by atoms with Crippen LogP contribution >= 0.6 is 23.7 Å². The second-order valence-corrected chi connectivity index (χ2v) is 4.93. The van der Waals surface area contributed by atoms with Crippen LogP contribution in [0.4, 0.5) is 5.69 Å². The van der Waals surface area contributed by atoms with Gasteiger partial charge < -0.3 is 11.1 Å². The molecule has 1 amide bonds. The van der Waals surface area contributed by atoms with Crippen molar-refractivity contribution in [2.24, 2.45) is 5.73 Å². The minimum Gasteiger partial charge on any atom is -0.325 e. The van der Waals surface area contributed by atoms with E-state index < -0.39 is 6.04 Å². The topological polar surface area (TPSA) is 68.0 Å². The molecule has 0 saturated carbocycles. The molecule has 4 nitrogen and oxygen atoms in total. The number of aromatic nitrogens is 1. The average molecular weight is 272 g/mol. The molecule has 0 unspecified atom stereocenters. The molecule has 0 spiro atoms. The third kappa shape index (κ3) is 3.15. The summed E-state index contributed by atoms with van der Waals surface area (Å²) in [5.74, 6) is -0.180. The summed E-state index contributed by atoms with van der Waals surface area (Å²) in [4.78, 5) is 15.8. The first-order valence-electron chi connectivity index (χ1n) is 5.00. The Hall–Kier alpha value is -1.17. The lowest BCUT2D eigenvalue weighted by Crippen LogP contribution is -2.32. The van der Waals surface area contributed by atoms with Gasteiger partial charge >= 0.3 is 0 Å². The average Bonchev–Trinajstić information content (AvgIpc) is 2.57. The van der Waals surface area contributed by atoms with E-state index in [4.69, 9.17) is 5.73 Å². The summed E-state index contributed by atoms with van der Waals surface area (Å²) in [5, 5.41) is 3.78. The predicted molar refractivity (Wildman–Crippen MR) is 73.9 cm³/mol. The number of fused-ring (bicyclic) bond motifs is 1. The van der Waals surface area contributed by atoms with E-state index in [0.717, 1.165) is 20.9 Å². The van der Waals surface area contributed by atoms with Gasteiger partial charge in [-0.3, -0.25) is 4.79 Å². The highest BCUT2D eigenvalue weighted by Crippen LogP contribution is 2.24. The summed E-state index contributed by atoms with van der Waals surface area (Å²) in [6.45, 7) is 3.62. The number of halogens is 1. The quantitative estimate of drug-likeness (QED) is 0.881. The number of carbonyl (C=O) groups is 1. The van der Waals surface area contributed by atoms with Gasteiger partial charge in [0.15, 0.2) is 0 Å². The van der Waals surface area contributed by atoms with Gasteiger partial charge in [0, 0.05) is 5.69 Å². The number of hydrogen-bond acceptors (Lipinski definition) is 4. The van der Waals surface area contributed by atoms with Gasteiger partial charge in [-0.15, -0.1) is 23.7 Å². The smallest absolute Gasteiger partial charge is 0.240 e. The Bertz CT molecular complexity index is 538. The summed E-state index contributed by atoms with van der Waals surface area (Å²) in [6.07, 6.45) is 0. The molecular formula is C11H14ClN3OS. The molecule has 1 aromatic carbocycles. The molecule has 0 saturated heterocycles. The maximum Gasteiger partial charge on any atom is 0.240 e. The summed E-state index contributed by atoms with van der Waals surface area (Å²) in [5.41, 5.74) is 7.20. The lowest BCUT2D eigenvalue weighted by molar-refractivity contribution is -0.117. The number of thiazole rings is 1. The molecule has 0 radical (unpaired) electrons. The monoisotopic (exact) mass is 271 g/mol. The Morgan fingerprint density at radius 2 is 2.24 bits per heavy atom. The van der Waals surface area contributed by atoms with Gasteiger partial charge in [-0.25, -0.2) is 4.98 Å². The minimum atomic E-state index is -0.501. The molecule has 2 aromatic rings. The van der Waals surface area contributed by atoms with Crippen LogP contribution in [0.2, 0.25) is 0 Å². The number of nitrogens with two attached hydrogens (primary N) is 1. The van der Waals surface area contributed by atoms with Gasteiger partial charge in [-0.2, -0.15) is 0 Å². The van der Waals surface area contributed by atoms with Crippen LogP contribution in [0.15, 0.2) is 18.2 Å². The molecule has 3 N–H and O–H groups in total. The van der Waals surface area contributed by atoms with Gasteiger partial charge in [0.2, 0.25) is 5.91 Å². The van der Waals surface area contributed by atoms with Crippen LogP contribution in [-0.4, -0.2) is 16.9 Å². The lowest BCUT2D eigenvalue weighted by atomic mass is 10.2. The van der Waals surface area contributed by atoms with Crippen LogP contribution < -0.4 is 11.1 Å². The first kappa shape index (κ1) is 13.9. The fraction of sp³-hybridized carbons (Fsp3) is 0.273. The summed E-state index contributed by atoms with van der Waals surface area (Å²) < 4.78 is 1.07. The highest BCUT2D eigenvalue weighted by molar-refractivity contribution is 7.18. The number of hydrogen-bond donors (Lipinski definition) is 2. The van der Waals surface area contributed by atoms with Crippen molar-refractivity contribution in [3.63, 3.8) is 0 Å². The standard InChI is InChI=1S/C11H13N3OS.ClH/c1-6(12)11(15)14-8-3-4-9-10(5-8)16-7(2)13-9;/h3-6H,12H2,1-2H3,(H,14,15);1H/t6-;/m1./s1. The van der Waals surface area contributed by atoms with Crippen molar-refractivity contribution in [3.8, 4) is 0 Å². The number of anilines is 1. The number of aryl methyl sites for hydroxylation is 1. The van der Waals surface area contributed by atoms with Crippen LogP contribution in [0.5, 0.6) is 0 Å². The van der Waals surface area contributed by atoms with E-state index in [1.165, 1.54) is 0 Å². The van der Waals surface area contributed by atoms with Gasteiger partial charge in [-0.05, 0) is 32.0 Å². The minimum absolute atomic E-state index is 0. The van der Waals surface area contributed by atoms with E-state index in [-0.39, 0.29) is 18.3 Å². The van der Waals surface area contributed by atoms with Crippen molar-refractivity contribution in [3.05, 3.63) is 23.2 Å². The van der Waals surface area contributed by atoms with E-state index in [1.807, 2.05) is 25.1 Å². The Morgan fingerprint density at radius 3 is 2.88 bits per heavy atom. The zero-order valence-corrected chi connectivity index (χ0v) is 11.2. The third-order valence-corrected chi connectivity index (χ3v) is 3.11. The van der Waals surface area contributed by atoms with Crippen molar-refractivity contribution in [2.75, 3.05) is 5.32 Å². The van der Waals surface area contributed by atoms with Gasteiger partial charge in [0.1, 0.15) is 0 Å². The van der Waals surface area contributed by atoms with Crippen molar-refractivity contribution in [1.29, 1.82) is 0 Å². The van der Waals surface area contributed by atoms with Gasteiger partial charge in [-0.1, -0.05) is 0 Å². The normalized spacial score (nSPS) is 11.9. The Kier molecular flexibility index (Phi) is 4.45. The molecule has 17 heavy (non-hydrogen) atoms. The van der Waals surface area contributed by atoms with Crippen molar-refractivity contribution < 1.29 is 4.79 Å². The zero-order valence-electron chi connectivity index (χ0n) is 9.56. The molecule has 1 atom stereocenters. The molecule has 6 heteroatoms. The van der Waals surface area contributed by atoms with Gasteiger partial charge in [0.05, 0.1) is 21.3 Å². The number of nitrogens with one attached hydrogen (secondary N) is 1. The zero-order chi connectivity index (χ0) is 11.7. The summed E-state index contributed by atoms with van der Waals surface area (Å²) in [7, 11) is 0. The van der Waals surface area contributed by atoms with E-state index in [2.05, 4.69) is 10.3 Å². The first-order valence-corrected chi connectivity index (χ1v) is 5.81. The Morgan fingerprint density at radius 1 is 1.53 bits per heavy atom. The van der Waals surface area contributed by atoms with Crippen LogP contribution in [0.3, 0.4) is 0 Å². The molecule has 1 aromatic heterocycles. The molecule has 0 bridgehead atoms. The first-order chi connectivity index (χ1) is 7.56. The Balaban J connectivity index is 0.00000144. The van der Waals surface area contributed by atoms with Crippen molar-refractivity contribution in [2.45, 2.75) is 19.9 Å². The van der Waals surface area contributed by atoms with Crippen molar-refractivity contribution in [1.82, 2.24) is 4.98 Å². The van der Waals surface area contributed by atoms with E-state index in [1.54, 1.807) is 18.3 Å². The summed E-state index contributed by atoms with van der Waals surface area (Å²) in [6, 6.07) is 5.15. The number of amides is 1. The number of rotatable bonds is 2. The maximum atomic E-state index is 11.4. The van der Waals surface area contributed by atoms with Crippen molar-refractivity contribution >= 4 is 45.6 Å². The fourth-order valence-corrected chi connectivity index (χ4v) is 2.24. The molecule has 0 fully saturated rings. The van der Waals surface area contributed by atoms with Crippen LogP contribution in [-0.2, 0) is 4.79 Å².